The average Bonchev–Trinajstić information content (AvgIpc) is 2.14. The molecule has 5 heteroatoms. The van der Waals surface area contributed by atoms with Gasteiger partial charge in [-0.3, -0.25) is 0 Å². The Balaban J connectivity index is 3.99. The van der Waals surface area contributed by atoms with Crippen molar-refractivity contribution in [3.8, 4) is 0 Å². The van der Waals surface area contributed by atoms with E-state index in [-0.39, 0.29) is 13.2 Å². The van der Waals surface area contributed by atoms with Crippen LogP contribution in [0.15, 0.2) is 0 Å². The Labute approximate surface area is 78.0 Å². The summed E-state index contributed by atoms with van der Waals surface area (Å²) >= 11 is 0. The van der Waals surface area contributed by atoms with Crippen molar-refractivity contribution in [2.24, 2.45) is 5.92 Å². The first-order valence-electron chi connectivity index (χ1n) is 4.34. The number of hydrogen-bond donors (Lipinski definition) is 5. The van der Waals surface area contributed by atoms with E-state index < -0.39 is 24.2 Å². The molecule has 0 amide bonds. The van der Waals surface area contributed by atoms with Gasteiger partial charge in [0.2, 0.25) is 0 Å². The summed E-state index contributed by atoms with van der Waals surface area (Å²) in [5, 5.41) is 39.4. The third-order valence-corrected chi connectivity index (χ3v) is 2.03. The van der Waals surface area contributed by atoms with Crippen LogP contribution in [0.3, 0.4) is 0 Å². The largest absolute Gasteiger partial charge is 0.396 e. The fourth-order valence-corrected chi connectivity index (χ4v) is 1.00. The quantitative estimate of drug-likeness (QED) is 0.334. The van der Waals surface area contributed by atoms with Gasteiger partial charge in [-0.05, 0) is 7.05 Å². The minimum atomic E-state index is -1.23. The Hall–Kier alpha value is -0.200. The van der Waals surface area contributed by atoms with Crippen molar-refractivity contribution in [3.05, 3.63) is 0 Å². The van der Waals surface area contributed by atoms with E-state index in [1.807, 2.05) is 0 Å². The summed E-state index contributed by atoms with van der Waals surface area (Å²) in [5.74, 6) is -0.443. The maximum Gasteiger partial charge on any atom is 0.107 e. The van der Waals surface area contributed by atoms with Crippen LogP contribution in [-0.2, 0) is 0 Å². The minimum Gasteiger partial charge on any atom is -0.396 e. The van der Waals surface area contributed by atoms with E-state index in [1.54, 1.807) is 14.0 Å². The maximum atomic E-state index is 9.39. The molecule has 0 unspecified atom stereocenters. The lowest BCUT2D eigenvalue weighted by Gasteiger charge is -2.26. The molecule has 0 spiro atoms. The van der Waals surface area contributed by atoms with Crippen molar-refractivity contribution >= 4 is 0 Å². The van der Waals surface area contributed by atoms with Crippen LogP contribution in [-0.4, -0.2) is 58.9 Å². The van der Waals surface area contributed by atoms with Crippen molar-refractivity contribution in [2.75, 3.05) is 20.2 Å². The van der Waals surface area contributed by atoms with Gasteiger partial charge in [0.25, 0.3) is 0 Å². The zero-order valence-electron chi connectivity index (χ0n) is 8.01. The van der Waals surface area contributed by atoms with Gasteiger partial charge in [-0.1, -0.05) is 6.92 Å². The fourth-order valence-electron chi connectivity index (χ4n) is 1.00. The highest BCUT2D eigenvalue weighted by molar-refractivity contribution is 4.79. The Morgan fingerprint density at radius 1 is 1.15 bits per heavy atom. The van der Waals surface area contributed by atoms with Gasteiger partial charge in [0.05, 0.1) is 12.2 Å². The van der Waals surface area contributed by atoms with Crippen LogP contribution in [0.5, 0.6) is 0 Å². The van der Waals surface area contributed by atoms with E-state index >= 15 is 0 Å². The van der Waals surface area contributed by atoms with Crippen LogP contribution < -0.4 is 5.32 Å². The predicted octanol–water partition coefficient (Wildman–Crippen LogP) is -2.08. The van der Waals surface area contributed by atoms with Crippen molar-refractivity contribution in [1.29, 1.82) is 0 Å². The second-order valence-electron chi connectivity index (χ2n) is 3.27. The van der Waals surface area contributed by atoms with Crippen molar-refractivity contribution < 1.29 is 20.4 Å². The predicted molar refractivity (Wildman–Crippen MR) is 48.2 cm³/mol. The highest BCUT2D eigenvalue weighted by Gasteiger charge is 2.27. The number of hydrogen-bond acceptors (Lipinski definition) is 5. The van der Waals surface area contributed by atoms with E-state index in [4.69, 9.17) is 5.11 Å². The second kappa shape index (κ2) is 6.28. The van der Waals surface area contributed by atoms with E-state index in [0.29, 0.717) is 0 Å². The Morgan fingerprint density at radius 3 is 2.08 bits per heavy atom. The summed E-state index contributed by atoms with van der Waals surface area (Å²) in [4.78, 5) is 0. The third kappa shape index (κ3) is 4.02. The van der Waals surface area contributed by atoms with Crippen molar-refractivity contribution in [1.82, 2.24) is 5.32 Å². The molecule has 0 radical (unpaired) electrons. The summed E-state index contributed by atoms with van der Waals surface area (Å²) < 4.78 is 0. The van der Waals surface area contributed by atoms with Gasteiger partial charge in [0, 0.05) is 19.1 Å². The molecule has 0 aliphatic carbocycles. The second-order valence-corrected chi connectivity index (χ2v) is 3.27. The van der Waals surface area contributed by atoms with Crippen LogP contribution >= 0.6 is 0 Å². The molecular weight excluding hydrogens is 174 g/mol. The molecule has 0 aromatic heterocycles. The van der Waals surface area contributed by atoms with Gasteiger partial charge in [-0.25, -0.2) is 0 Å². The monoisotopic (exact) mass is 193 g/mol. The molecule has 0 fully saturated rings. The summed E-state index contributed by atoms with van der Waals surface area (Å²) in [6.45, 7) is 1.58. The molecule has 0 saturated carbocycles. The molecule has 0 rings (SSSR count). The molecular formula is C8H19NO4. The SMILES string of the molecule is CNC[C@H](O)[C@@H](O)[C@H](O)[C@H](C)CO. The van der Waals surface area contributed by atoms with Crippen molar-refractivity contribution in [2.45, 2.75) is 25.2 Å². The first-order valence-corrected chi connectivity index (χ1v) is 4.34. The molecule has 0 aromatic rings. The highest BCUT2D eigenvalue weighted by atomic mass is 16.4. The zero-order valence-corrected chi connectivity index (χ0v) is 8.01. The van der Waals surface area contributed by atoms with Crippen LogP contribution in [0.2, 0.25) is 0 Å². The fraction of sp³-hybridized carbons (Fsp3) is 1.00. The first kappa shape index (κ1) is 12.8. The lowest BCUT2D eigenvalue weighted by atomic mass is 9.97. The number of aliphatic hydroxyl groups is 4. The van der Waals surface area contributed by atoms with Gasteiger partial charge in [-0.2, -0.15) is 0 Å². The molecule has 0 saturated heterocycles. The molecule has 5 nitrogen and oxygen atoms in total. The van der Waals surface area contributed by atoms with E-state index in [2.05, 4.69) is 5.32 Å². The Morgan fingerprint density at radius 2 is 1.69 bits per heavy atom. The molecule has 0 aromatic carbocycles. The topological polar surface area (TPSA) is 93.0 Å². The summed E-state index contributed by atoms with van der Waals surface area (Å²) in [6.07, 6.45) is -3.35. The van der Waals surface area contributed by atoms with Gasteiger partial charge in [0.15, 0.2) is 0 Å². The van der Waals surface area contributed by atoms with Gasteiger partial charge in [-0.15, -0.1) is 0 Å². The van der Waals surface area contributed by atoms with Gasteiger partial charge in [0.1, 0.15) is 6.10 Å². The molecule has 0 bridgehead atoms. The standard InChI is InChI=1S/C8H19NO4/c1-5(4-10)7(12)8(13)6(11)3-9-2/h5-13H,3-4H2,1-2H3/t5-,6+,7-,8-/m1/s1. The van der Waals surface area contributed by atoms with Gasteiger partial charge < -0.3 is 25.7 Å². The van der Waals surface area contributed by atoms with Crippen molar-refractivity contribution in [3.63, 3.8) is 0 Å². The summed E-state index contributed by atoms with van der Waals surface area (Å²) in [6, 6.07) is 0. The smallest absolute Gasteiger partial charge is 0.107 e. The molecule has 80 valence electrons. The number of likely N-dealkylation sites (N-methyl/N-ethyl adjacent to an activating group) is 1. The lowest BCUT2D eigenvalue weighted by molar-refractivity contribution is -0.0834. The van der Waals surface area contributed by atoms with E-state index in [1.165, 1.54) is 0 Å². The van der Waals surface area contributed by atoms with E-state index in [0.717, 1.165) is 0 Å². The Bertz CT molecular complexity index is 133. The summed E-state index contributed by atoms with van der Waals surface area (Å²) in [5.41, 5.74) is 0. The molecule has 0 aliphatic heterocycles. The summed E-state index contributed by atoms with van der Waals surface area (Å²) in [7, 11) is 1.64. The number of nitrogens with one attached hydrogen (secondary N) is 1. The Kier molecular flexibility index (Phi) is 6.19. The number of rotatable bonds is 6. The molecule has 5 N–H and O–H groups in total. The zero-order chi connectivity index (χ0) is 10.4. The molecule has 0 aliphatic rings. The van der Waals surface area contributed by atoms with Crippen LogP contribution in [0.4, 0.5) is 0 Å². The van der Waals surface area contributed by atoms with E-state index in [9.17, 15) is 15.3 Å². The van der Waals surface area contributed by atoms with Crippen LogP contribution in [0.1, 0.15) is 6.92 Å². The molecule has 0 heterocycles. The first-order chi connectivity index (χ1) is 6.04. The third-order valence-electron chi connectivity index (χ3n) is 2.03. The van der Waals surface area contributed by atoms with Gasteiger partial charge >= 0.3 is 0 Å². The van der Waals surface area contributed by atoms with Crippen LogP contribution in [0, 0.1) is 5.92 Å². The average molecular weight is 193 g/mol. The number of aliphatic hydroxyl groups excluding tert-OH is 4. The maximum absolute atomic E-state index is 9.39. The van der Waals surface area contributed by atoms with Crippen LogP contribution in [0.25, 0.3) is 0 Å². The minimum absolute atomic E-state index is 0.205. The molecule has 4 atom stereocenters. The molecule has 13 heavy (non-hydrogen) atoms. The normalized spacial score (nSPS) is 20.8. The highest BCUT2D eigenvalue weighted by Crippen LogP contribution is 2.09. The lowest BCUT2D eigenvalue weighted by Crippen LogP contribution is -2.45.